The molecule has 0 fully saturated rings. The number of rotatable bonds is 0. The van der Waals surface area contributed by atoms with Crippen molar-refractivity contribution in [2.45, 2.75) is 19.3 Å². The largest absolute Gasteiger partial charge is 0.384 e. The molecule has 0 aromatic heterocycles. The first-order chi connectivity index (χ1) is 6.61. The van der Waals surface area contributed by atoms with Crippen LogP contribution in [0.15, 0.2) is 18.2 Å². The maximum atomic E-state index is 11.5. The summed E-state index contributed by atoms with van der Waals surface area (Å²) in [6, 6.07) is 5.19. The van der Waals surface area contributed by atoms with Gasteiger partial charge in [0.25, 0.3) is 5.91 Å². The van der Waals surface area contributed by atoms with Crippen molar-refractivity contribution < 1.29 is 15.0 Å². The molecule has 0 spiro atoms. The van der Waals surface area contributed by atoms with Crippen molar-refractivity contribution in [2.24, 2.45) is 0 Å². The van der Waals surface area contributed by atoms with Crippen LogP contribution in [0.1, 0.15) is 27.6 Å². The number of carbonyl (C=O) groups is 1. The van der Waals surface area contributed by atoms with E-state index in [1.807, 2.05) is 0 Å². The molecule has 1 aromatic rings. The molecule has 2 atom stereocenters. The summed E-state index contributed by atoms with van der Waals surface area (Å²) >= 11 is 0. The molecule has 74 valence electrons. The number of aliphatic hydroxyl groups is 2. The van der Waals surface area contributed by atoms with Crippen LogP contribution in [-0.4, -0.2) is 22.3 Å². The average Bonchev–Trinajstić information content (AvgIpc) is 2.14. The number of hydrogen-bond donors (Lipinski definition) is 3. The molecule has 3 N–H and O–H groups in total. The van der Waals surface area contributed by atoms with Crippen LogP contribution in [-0.2, 0) is 0 Å². The standard InChI is InChI=1S/C10H11NO3/c1-5-3-2-4-6-7(5)9(13)11-10(14)8(6)12/h2-4,8,10,12,14H,1H3,(H,11,13). The lowest BCUT2D eigenvalue weighted by molar-refractivity contribution is -0.00721. The van der Waals surface area contributed by atoms with E-state index in [0.29, 0.717) is 11.1 Å². The van der Waals surface area contributed by atoms with Crippen LogP contribution in [0.4, 0.5) is 0 Å². The monoisotopic (exact) mass is 193 g/mol. The van der Waals surface area contributed by atoms with E-state index in [0.717, 1.165) is 5.56 Å². The fourth-order valence-corrected chi connectivity index (χ4v) is 1.70. The molecule has 1 amide bonds. The lowest BCUT2D eigenvalue weighted by Gasteiger charge is -2.27. The summed E-state index contributed by atoms with van der Waals surface area (Å²) in [6.07, 6.45) is -2.25. The van der Waals surface area contributed by atoms with Gasteiger partial charge < -0.3 is 15.5 Å². The van der Waals surface area contributed by atoms with Gasteiger partial charge in [0.05, 0.1) is 0 Å². The van der Waals surface area contributed by atoms with Crippen LogP contribution >= 0.6 is 0 Å². The Morgan fingerprint density at radius 1 is 1.36 bits per heavy atom. The van der Waals surface area contributed by atoms with Gasteiger partial charge >= 0.3 is 0 Å². The Morgan fingerprint density at radius 2 is 2.07 bits per heavy atom. The third kappa shape index (κ3) is 1.20. The Balaban J connectivity index is 2.61. The molecule has 2 unspecified atom stereocenters. The third-order valence-corrected chi connectivity index (χ3v) is 2.43. The van der Waals surface area contributed by atoms with E-state index in [1.54, 1.807) is 25.1 Å². The second-order valence-corrected chi connectivity index (χ2v) is 3.40. The molecule has 1 aliphatic heterocycles. The molecule has 0 saturated carbocycles. The lowest BCUT2D eigenvalue weighted by atomic mass is 9.93. The topological polar surface area (TPSA) is 69.6 Å². The Labute approximate surface area is 81.2 Å². The minimum Gasteiger partial charge on any atom is -0.384 e. The predicted octanol–water partition coefficient (Wildman–Crippen LogP) is 0.0902. The van der Waals surface area contributed by atoms with E-state index in [-0.39, 0.29) is 5.91 Å². The zero-order chi connectivity index (χ0) is 10.3. The Kier molecular flexibility index (Phi) is 2.02. The van der Waals surface area contributed by atoms with Gasteiger partial charge in [-0.25, -0.2) is 0 Å². The Bertz CT molecular complexity index is 389. The summed E-state index contributed by atoms with van der Waals surface area (Å²) in [7, 11) is 0. The molecule has 0 saturated heterocycles. The van der Waals surface area contributed by atoms with Crippen LogP contribution in [0.2, 0.25) is 0 Å². The summed E-state index contributed by atoms with van der Waals surface area (Å²) in [5.74, 6) is -0.337. The smallest absolute Gasteiger partial charge is 0.253 e. The molecule has 1 heterocycles. The van der Waals surface area contributed by atoms with E-state index in [9.17, 15) is 15.0 Å². The first-order valence-electron chi connectivity index (χ1n) is 4.38. The number of nitrogens with one attached hydrogen (secondary N) is 1. The van der Waals surface area contributed by atoms with Gasteiger partial charge in [-0.15, -0.1) is 0 Å². The molecule has 14 heavy (non-hydrogen) atoms. The number of benzene rings is 1. The third-order valence-electron chi connectivity index (χ3n) is 2.43. The van der Waals surface area contributed by atoms with Crippen molar-refractivity contribution in [3.63, 3.8) is 0 Å². The molecule has 0 aliphatic carbocycles. The van der Waals surface area contributed by atoms with E-state index in [1.165, 1.54) is 0 Å². The van der Waals surface area contributed by atoms with Crippen LogP contribution in [0.25, 0.3) is 0 Å². The zero-order valence-corrected chi connectivity index (χ0v) is 7.69. The van der Waals surface area contributed by atoms with Gasteiger partial charge in [0.1, 0.15) is 6.10 Å². The lowest BCUT2D eigenvalue weighted by Crippen LogP contribution is -2.44. The van der Waals surface area contributed by atoms with E-state index in [2.05, 4.69) is 5.32 Å². The van der Waals surface area contributed by atoms with E-state index >= 15 is 0 Å². The van der Waals surface area contributed by atoms with Crippen molar-refractivity contribution in [2.75, 3.05) is 0 Å². The van der Waals surface area contributed by atoms with Crippen molar-refractivity contribution >= 4 is 5.91 Å². The average molecular weight is 193 g/mol. The maximum absolute atomic E-state index is 11.5. The number of amides is 1. The summed E-state index contributed by atoms with van der Waals surface area (Å²) in [6.45, 7) is 1.79. The summed E-state index contributed by atoms with van der Waals surface area (Å²) in [4.78, 5) is 11.5. The highest BCUT2D eigenvalue weighted by molar-refractivity contribution is 5.98. The van der Waals surface area contributed by atoms with Crippen molar-refractivity contribution in [1.82, 2.24) is 5.32 Å². The number of aliphatic hydroxyl groups excluding tert-OH is 2. The molecule has 4 heteroatoms. The Hall–Kier alpha value is -1.39. The van der Waals surface area contributed by atoms with Gasteiger partial charge in [-0.2, -0.15) is 0 Å². The summed E-state index contributed by atoms with van der Waals surface area (Å²) in [5, 5.41) is 21.2. The van der Waals surface area contributed by atoms with Crippen molar-refractivity contribution in [1.29, 1.82) is 0 Å². The zero-order valence-electron chi connectivity index (χ0n) is 7.69. The van der Waals surface area contributed by atoms with Gasteiger partial charge in [-0.05, 0) is 18.1 Å². The highest BCUT2D eigenvalue weighted by atomic mass is 16.3. The molecule has 1 aliphatic rings. The molecule has 4 nitrogen and oxygen atoms in total. The fraction of sp³-hybridized carbons (Fsp3) is 0.300. The van der Waals surface area contributed by atoms with Crippen LogP contribution in [0.3, 0.4) is 0 Å². The van der Waals surface area contributed by atoms with Crippen LogP contribution in [0, 0.1) is 6.92 Å². The van der Waals surface area contributed by atoms with Crippen LogP contribution < -0.4 is 5.32 Å². The van der Waals surface area contributed by atoms with Crippen molar-refractivity contribution in [3.8, 4) is 0 Å². The summed E-state index contributed by atoms with van der Waals surface area (Å²) in [5.41, 5.74) is 1.75. The van der Waals surface area contributed by atoms with Crippen molar-refractivity contribution in [3.05, 3.63) is 34.9 Å². The van der Waals surface area contributed by atoms with Crippen LogP contribution in [0.5, 0.6) is 0 Å². The molecule has 0 radical (unpaired) electrons. The second kappa shape index (κ2) is 3.08. The van der Waals surface area contributed by atoms with Gasteiger partial charge in [0.2, 0.25) is 0 Å². The highest BCUT2D eigenvalue weighted by Gasteiger charge is 2.31. The number of carbonyl (C=O) groups excluding carboxylic acids is 1. The molecular weight excluding hydrogens is 182 g/mol. The normalized spacial score (nSPS) is 25.5. The quantitative estimate of drug-likeness (QED) is 0.547. The summed E-state index contributed by atoms with van der Waals surface area (Å²) < 4.78 is 0. The number of fused-ring (bicyclic) bond motifs is 1. The van der Waals surface area contributed by atoms with Gasteiger partial charge in [0, 0.05) is 5.56 Å². The Morgan fingerprint density at radius 3 is 2.79 bits per heavy atom. The maximum Gasteiger partial charge on any atom is 0.253 e. The van der Waals surface area contributed by atoms with E-state index in [4.69, 9.17) is 0 Å². The SMILES string of the molecule is Cc1cccc2c1C(=O)NC(O)C2O. The molecule has 0 bridgehead atoms. The number of aryl methyl sites for hydroxylation is 1. The van der Waals surface area contributed by atoms with Gasteiger partial charge in [0.15, 0.2) is 6.23 Å². The van der Waals surface area contributed by atoms with Gasteiger partial charge in [-0.3, -0.25) is 4.79 Å². The van der Waals surface area contributed by atoms with E-state index < -0.39 is 12.3 Å². The molecular formula is C10H11NO3. The highest BCUT2D eigenvalue weighted by Crippen LogP contribution is 2.26. The second-order valence-electron chi connectivity index (χ2n) is 3.40. The minimum atomic E-state index is -1.21. The molecule has 2 rings (SSSR count). The molecule has 1 aromatic carbocycles. The first-order valence-corrected chi connectivity index (χ1v) is 4.38. The number of hydrogen-bond acceptors (Lipinski definition) is 3. The fourth-order valence-electron chi connectivity index (χ4n) is 1.70. The predicted molar refractivity (Wildman–Crippen MR) is 49.6 cm³/mol. The minimum absolute atomic E-state index is 0.337. The first kappa shape index (κ1) is 9.18. The van der Waals surface area contributed by atoms with Gasteiger partial charge in [-0.1, -0.05) is 18.2 Å².